The van der Waals surface area contributed by atoms with Crippen molar-refractivity contribution in [3.8, 4) is 0 Å². The van der Waals surface area contributed by atoms with Gasteiger partial charge in [-0.25, -0.2) is 13.4 Å². The van der Waals surface area contributed by atoms with Gasteiger partial charge in [0.2, 0.25) is 15.9 Å². The summed E-state index contributed by atoms with van der Waals surface area (Å²) < 4.78 is 35.7. The van der Waals surface area contributed by atoms with Crippen molar-refractivity contribution in [3.05, 3.63) is 29.8 Å². The number of carbonyl (C=O) groups is 1. The summed E-state index contributed by atoms with van der Waals surface area (Å²) in [4.78, 5) is 16.6. The van der Waals surface area contributed by atoms with Gasteiger partial charge in [0.05, 0.1) is 11.7 Å². The lowest BCUT2D eigenvalue weighted by molar-refractivity contribution is -0.119. The van der Waals surface area contributed by atoms with Crippen LogP contribution in [0.1, 0.15) is 12.8 Å². The van der Waals surface area contributed by atoms with Crippen LogP contribution in [0.25, 0.3) is 11.0 Å². The molecule has 1 amide bonds. The van der Waals surface area contributed by atoms with Gasteiger partial charge < -0.3 is 5.32 Å². The molecule has 2 aromatic heterocycles. The van der Waals surface area contributed by atoms with E-state index in [9.17, 15) is 13.2 Å². The third-order valence-corrected chi connectivity index (χ3v) is 7.18. The molecular weight excluding hydrogens is 382 g/mol. The first-order chi connectivity index (χ1) is 12.1. The molecule has 8 nitrogen and oxygen atoms in total. The highest BCUT2D eigenvalue weighted by Gasteiger charge is 2.40. The number of nitrogens with one attached hydrogen (secondary N) is 1. The molecule has 11 heteroatoms. The highest BCUT2D eigenvalue weighted by atomic mass is 32.2. The Balaban J connectivity index is 1.67. The molecule has 3 heterocycles. The van der Waals surface area contributed by atoms with Crippen molar-refractivity contribution in [2.75, 3.05) is 11.9 Å². The fraction of sp³-hybridized carbons (Fsp3) is 0.286. The summed E-state index contributed by atoms with van der Waals surface area (Å²) in [5.74, 6) is -0.361. The number of rotatable bonds is 4. The van der Waals surface area contributed by atoms with Crippen LogP contribution in [0, 0.1) is 0 Å². The lowest BCUT2D eigenvalue weighted by Gasteiger charge is -2.23. The number of fused-ring (bicyclic) bond motifs is 1. The molecule has 0 saturated carbocycles. The third kappa shape index (κ3) is 2.92. The number of sulfonamides is 1. The minimum atomic E-state index is -3.85. The van der Waals surface area contributed by atoms with Gasteiger partial charge in [0.1, 0.15) is 22.0 Å². The Hall–Kier alpha value is -1.95. The summed E-state index contributed by atoms with van der Waals surface area (Å²) in [5.41, 5.74) is 0.882. The van der Waals surface area contributed by atoms with Crippen molar-refractivity contribution >= 4 is 55.2 Å². The molecule has 1 unspecified atom stereocenters. The van der Waals surface area contributed by atoms with Gasteiger partial charge in [-0.15, -0.1) is 11.3 Å². The Bertz CT molecular complexity index is 1020. The number of anilines is 1. The normalized spacial score (nSPS) is 18.6. The van der Waals surface area contributed by atoms with Crippen molar-refractivity contribution in [1.29, 1.82) is 0 Å². The van der Waals surface area contributed by atoms with E-state index >= 15 is 0 Å². The van der Waals surface area contributed by atoms with Crippen LogP contribution in [0.15, 0.2) is 34.7 Å². The molecule has 3 aromatic rings. The number of hydrogen-bond acceptors (Lipinski definition) is 8. The second-order valence-electron chi connectivity index (χ2n) is 5.49. The molecular formula is C14H13N5O3S3. The lowest BCUT2D eigenvalue weighted by Crippen LogP contribution is -2.43. The standard InChI is InChI=1S/C14H13N5O3S3/c20-13(16-14-15-6-8-23-14)10-4-2-7-19(10)25(21,22)11-5-1-3-9-12(11)18-24-17-9/h1,3,5-6,8,10H,2,4,7H2,(H,15,16,20). The summed E-state index contributed by atoms with van der Waals surface area (Å²) in [6.45, 7) is 0.298. The Labute approximate surface area is 151 Å². The topological polar surface area (TPSA) is 105 Å². The molecule has 0 radical (unpaired) electrons. The smallest absolute Gasteiger partial charge is 0.246 e. The van der Waals surface area contributed by atoms with Gasteiger partial charge in [-0.05, 0) is 25.0 Å². The molecule has 1 atom stereocenters. The first kappa shape index (κ1) is 16.5. The van der Waals surface area contributed by atoms with Crippen LogP contribution in [0.5, 0.6) is 0 Å². The quantitative estimate of drug-likeness (QED) is 0.724. The second kappa shape index (κ2) is 6.41. The van der Waals surface area contributed by atoms with Crippen LogP contribution in [-0.2, 0) is 14.8 Å². The lowest BCUT2D eigenvalue weighted by atomic mass is 10.2. The van der Waals surface area contributed by atoms with Crippen molar-refractivity contribution in [2.45, 2.75) is 23.8 Å². The Morgan fingerprint density at radius 2 is 2.20 bits per heavy atom. The summed E-state index contributed by atoms with van der Waals surface area (Å²) in [6.07, 6.45) is 2.68. The highest BCUT2D eigenvalue weighted by molar-refractivity contribution is 7.89. The molecule has 0 bridgehead atoms. The van der Waals surface area contributed by atoms with Gasteiger partial charge in [0.15, 0.2) is 5.13 Å². The number of carbonyl (C=O) groups excluding carboxylic acids is 1. The van der Waals surface area contributed by atoms with Gasteiger partial charge in [-0.1, -0.05) is 6.07 Å². The summed E-state index contributed by atoms with van der Waals surface area (Å²) in [7, 11) is -3.85. The van der Waals surface area contributed by atoms with E-state index < -0.39 is 16.1 Å². The average molecular weight is 395 g/mol. The maximum atomic E-state index is 13.1. The Kier molecular flexibility index (Phi) is 4.23. The molecule has 0 spiro atoms. The number of nitrogens with zero attached hydrogens (tertiary/aromatic N) is 4. The predicted molar refractivity (Wildman–Crippen MR) is 95.1 cm³/mol. The summed E-state index contributed by atoms with van der Waals surface area (Å²) >= 11 is 2.26. The fourth-order valence-electron chi connectivity index (χ4n) is 2.88. The number of aromatic nitrogens is 3. The largest absolute Gasteiger partial charge is 0.301 e. The molecule has 130 valence electrons. The highest BCUT2D eigenvalue weighted by Crippen LogP contribution is 2.30. The molecule has 1 aliphatic heterocycles. The van der Waals surface area contributed by atoms with E-state index in [1.807, 2.05) is 0 Å². The van der Waals surface area contributed by atoms with E-state index in [1.165, 1.54) is 21.7 Å². The van der Waals surface area contributed by atoms with E-state index in [2.05, 4.69) is 19.0 Å². The van der Waals surface area contributed by atoms with Crippen LogP contribution in [-0.4, -0.2) is 44.9 Å². The maximum Gasteiger partial charge on any atom is 0.246 e. The van der Waals surface area contributed by atoms with E-state index in [4.69, 9.17) is 0 Å². The van der Waals surface area contributed by atoms with Gasteiger partial charge in [-0.2, -0.15) is 13.1 Å². The van der Waals surface area contributed by atoms with Gasteiger partial charge in [-0.3, -0.25) is 4.79 Å². The van der Waals surface area contributed by atoms with Crippen molar-refractivity contribution in [1.82, 2.24) is 18.0 Å². The van der Waals surface area contributed by atoms with Crippen molar-refractivity contribution in [3.63, 3.8) is 0 Å². The van der Waals surface area contributed by atoms with E-state index in [1.54, 1.807) is 23.7 Å². The SMILES string of the molecule is O=C(Nc1nccs1)C1CCCN1S(=O)(=O)c1cccc2nsnc12. The van der Waals surface area contributed by atoms with Crippen LogP contribution in [0.4, 0.5) is 5.13 Å². The zero-order valence-corrected chi connectivity index (χ0v) is 15.3. The average Bonchev–Trinajstić information content (AvgIpc) is 3.34. The molecule has 25 heavy (non-hydrogen) atoms. The van der Waals surface area contributed by atoms with Gasteiger partial charge >= 0.3 is 0 Å². The van der Waals surface area contributed by atoms with E-state index in [0.29, 0.717) is 35.6 Å². The van der Waals surface area contributed by atoms with E-state index in [0.717, 1.165) is 11.7 Å². The van der Waals surface area contributed by atoms with Crippen LogP contribution in [0.3, 0.4) is 0 Å². The first-order valence-electron chi connectivity index (χ1n) is 7.51. The monoisotopic (exact) mass is 395 g/mol. The van der Waals surface area contributed by atoms with Crippen LogP contribution < -0.4 is 5.32 Å². The molecule has 1 aromatic carbocycles. The molecule has 0 aliphatic carbocycles. The maximum absolute atomic E-state index is 13.1. The van der Waals surface area contributed by atoms with Crippen LogP contribution in [0.2, 0.25) is 0 Å². The predicted octanol–water partition coefficient (Wildman–Crippen LogP) is 1.94. The minimum Gasteiger partial charge on any atom is -0.301 e. The Morgan fingerprint density at radius 3 is 3.00 bits per heavy atom. The van der Waals surface area contributed by atoms with Crippen LogP contribution >= 0.6 is 23.1 Å². The minimum absolute atomic E-state index is 0.0905. The molecule has 1 fully saturated rings. The van der Waals surface area contributed by atoms with E-state index in [-0.39, 0.29) is 10.8 Å². The molecule has 1 saturated heterocycles. The first-order valence-corrected chi connectivity index (χ1v) is 10.6. The zero-order chi connectivity index (χ0) is 17.4. The zero-order valence-electron chi connectivity index (χ0n) is 12.8. The third-order valence-electron chi connectivity index (χ3n) is 4.00. The Morgan fingerprint density at radius 1 is 1.32 bits per heavy atom. The number of hydrogen-bond donors (Lipinski definition) is 1. The molecule has 4 rings (SSSR count). The molecule has 1 aliphatic rings. The summed E-state index contributed by atoms with van der Waals surface area (Å²) in [5, 5.41) is 4.89. The number of amides is 1. The van der Waals surface area contributed by atoms with Crippen molar-refractivity contribution < 1.29 is 13.2 Å². The van der Waals surface area contributed by atoms with Crippen molar-refractivity contribution in [2.24, 2.45) is 0 Å². The number of thiazole rings is 1. The number of benzene rings is 1. The summed E-state index contributed by atoms with van der Waals surface area (Å²) in [6, 6.07) is 4.11. The van der Waals surface area contributed by atoms with Gasteiger partial charge in [0.25, 0.3) is 0 Å². The fourth-order valence-corrected chi connectivity index (χ4v) is 5.82. The molecule has 1 N–H and O–H groups in total. The second-order valence-corrected chi connectivity index (χ2v) is 8.77. The van der Waals surface area contributed by atoms with Gasteiger partial charge in [0, 0.05) is 18.1 Å².